The van der Waals surface area contributed by atoms with E-state index in [1.165, 1.54) is 0 Å². The summed E-state index contributed by atoms with van der Waals surface area (Å²) in [7, 11) is 0. The number of aliphatic hydroxyl groups is 1. The monoisotopic (exact) mass is 165 g/mol. The van der Waals surface area contributed by atoms with E-state index in [0.29, 0.717) is 0 Å². The fourth-order valence-corrected chi connectivity index (χ4v) is 1.02. The highest BCUT2D eigenvalue weighted by Crippen LogP contribution is 1.93. The van der Waals surface area contributed by atoms with Crippen LogP contribution in [0.1, 0.15) is 6.42 Å². The van der Waals surface area contributed by atoms with Crippen LogP contribution in [0.2, 0.25) is 0 Å². The average Bonchev–Trinajstić information content (AvgIpc) is 2.60. The molecule has 0 aromatic heterocycles. The highest BCUT2D eigenvalue weighted by atomic mass is 16.3. The van der Waals surface area contributed by atoms with Crippen molar-refractivity contribution in [3.05, 3.63) is 36.4 Å². The smallest absolute Gasteiger partial charge is 0.0676 e. The van der Waals surface area contributed by atoms with Gasteiger partial charge in [-0.3, -0.25) is 0 Å². The second-order valence-corrected chi connectivity index (χ2v) is 2.80. The van der Waals surface area contributed by atoms with Gasteiger partial charge in [0.25, 0.3) is 0 Å². The Bertz CT molecular complexity index is 156. The Morgan fingerprint density at radius 3 is 1.67 bits per heavy atom. The number of hydrogen-bond donors (Lipinski definition) is 2. The predicted octanol–water partition coefficient (Wildman–Crippen LogP) is 1.03. The number of aliphatic hydroxyl groups excluding tert-OH is 1. The van der Waals surface area contributed by atoms with Gasteiger partial charge in [0.1, 0.15) is 0 Å². The summed E-state index contributed by atoms with van der Waals surface area (Å²) in [4.78, 5) is 0. The number of hydrogen-bond acceptors (Lipinski definition) is 2. The van der Waals surface area contributed by atoms with Crippen LogP contribution in [0, 0.1) is 0 Å². The van der Waals surface area contributed by atoms with Gasteiger partial charge in [-0.1, -0.05) is 36.4 Å². The van der Waals surface area contributed by atoms with E-state index in [9.17, 15) is 0 Å². The highest BCUT2D eigenvalue weighted by Gasteiger charge is 2.08. The van der Waals surface area contributed by atoms with Crippen LogP contribution in [-0.2, 0) is 0 Å². The lowest BCUT2D eigenvalue weighted by molar-refractivity contribution is 0.196. The third kappa shape index (κ3) is 4.11. The van der Waals surface area contributed by atoms with Crippen molar-refractivity contribution in [2.24, 2.45) is 0 Å². The van der Waals surface area contributed by atoms with Crippen molar-refractivity contribution in [3.63, 3.8) is 0 Å². The number of rotatable bonds is 0. The van der Waals surface area contributed by atoms with Crippen LogP contribution in [0.5, 0.6) is 0 Å². The molecular formula is C10H15NO. The Morgan fingerprint density at radius 1 is 1.00 bits per heavy atom. The van der Waals surface area contributed by atoms with Crippen molar-refractivity contribution >= 4 is 0 Å². The Hall–Kier alpha value is -0.860. The van der Waals surface area contributed by atoms with E-state index in [1.807, 2.05) is 36.4 Å². The van der Waals surface area contributed by atoms with Crippen molar-refractivity contribution in [1.29, 1.82) is 0 Å². The fourth-order valence-electron chi connectivity index (χ4n) is 1.02. The van der Waals surface area contributed by atoms with E-state index in [2.05, 4.69) is 5.32 Å². The van der Waals surface area contributed by atoms with Gasteiger partial charge in [-0.15, -0.1) is 0 Å². The quantitative estimate of drug-likeness (QED) is 0.601. The SMILES string of the molecule is O[C@@H]1CCNC1.c1ccccc1. The number of benzene rings is 1. The van der Waals surface area contributed by atoms with Gasteiger partial charge in [-0.05, 0) is 13.0 Å². The molecule has 0 bridgehead atoms. The molecule has 1 aromatic rings. The Balaban J connectivity index is 0.000000120. The summed E-state index contributed by atoms with van der Waals surface area (Å²) >= 11 is 0. The first-order valence-electron chi connectivity index (χ1n) is 4.28. The van der Waals surface area contributed by atoms with Crippen LogP contribution in [0.3, 0.4) is 0 Å². The first-order valence-corrected chi connectivity index (χ1v) is 4.28. The maximum absolute atomic E-state index is 8.67. The third-order valence-electron chi connectivity index (χ3n) is 1.70. The lowest BCUT2D eigenvalue weighted by atomic mass is 10.3. The van der Waals surface area contributed by atoms with Crippen LogP contribution >= 0.6 is 0 Å². The zero-order valence-corrected chi connectivity index (χ0v) is 7.11. The van der Waals surface area contributed by atoms with E-state index >= 15 is 0 Å². The molecule has 0 spiro atoms. The zero-order chi connectivity index (χ0) is 8.65. The molecule has 2 rings (SSSR count). The Labute approximate surface area is 73.2 Å². The standard InChI is InChI=1S/C6H6.C4H9NO/c1-2-4-6-5-3-1;6-4-1-2-5-3-4/h1-6H;4-6H,1-3H2/t;4-/m.1/s1. The van der Waals surface area contributed by atoms with E-state index < -0.39 is 0 Å². The summed E-state index contributed by atoms with van der Waals surface area (Å²) in [6.45, 7) is 1.78. The molecule has 0 radical (unpaired) electrons. The van der Waals surface area contributed by atoms with Gasteiger partial charge in [0.15, 0.2) is 0 Å². The van der Waals surface area contributed by atoms with Crippen LogP contribution in [0.25, 0.3) is 0 Å². The molecule has 0 unspecified atom stereocenters. The van der Waals surface area contributed by atoms with Gasteiger partial charge in [-0.25, -0.2) is 0 Å². The highest BCUT2D eigenvalue weighted by molar-refractivity contribution is 4.99. The lowest BCUT2D eigenvalue weighted by Crippen LogP contribution is -2.11. The Morgan fingerprint density at radius 2 is 1.50 bits per heavy atom. The van der Waals surface area contributed by atoms with Crippen LogP contribution in [-0.4, -0.2) is 24.3 Å². The summed E-state index contributed by atoms with van der Waals surface area (Å²) in [5.74, 6) is 0. The third-order valence-corrected chi connectivity index (χ3v) is 1.70. The van der Waals surface area contributed by atoms with Gasteiger partial charge < -0.3 is 10.4 Å². The van der Waals surface area contributed by atoms with Crippen molar-refractivity contribution in [3.8, 4) is 0 Å². The summed E-state index contributed by atoms with van der Waals surface area (Å²) in [6, 6.07) is 12.0. The summed E-state index contributed by atoms with van der Waals surface area (Å²) in [5.41, 5.74) is 0. The number of nitrogens with one attached hydrogen (secondary N) is 1. The molecule has 0 saturated carbocycles. The molecule has 12 heavy (non-hydrogen) atoms. The molecule has 2 heteroatoms. The molecule has 1 fully saturated rings. The van der Waals surface area contributed by atoms with Gasteiger partial charge in [-0.2, -0.15) is 0 Å². The minimum Gasteiger partial charge on any atom is -0.392 e. The van der Waals surface area contributed by atoms with Crippen molar-refractivity contribution in [2.75, 3.05) is 13.1 Å². The van der Waals surface area contributed by atoms with Gasteiger partial charge in [0.05, 0.1) is 6.10 Å². The predicted molar refractivity (Wildman–Crippen MR) is 49.9 cm³/mol. The van der Waals surface area contributed by atoms with Crippen molar-refractivity contribution < 1.29 is 5.11 Å². The van der Waals surface area contributed by atoms with Crippen molar-refractivity contribution in [1.82, 2.24) is 5.32 Å². The maximum atomic E-state index is 8.67. The van der Waals surface area contributed by atoms with E-state index in [1.54, 1.807) is 0 Å². The van der Waals surface area contributed by atoms with Crippen LogP contribution < -0.4 is 5.32 Å². The van der Waals surface area contributed by atoms with Gasteiger partial charge in [0, 0.05) is 6.54 Å². The molecule has 1 aromatic carbocycles. The van der Waals surface area contributed by atoms with Crippen LogP contribution in [0.4, 0.5) is 0 Å². The van der Waals surface area contributed by atoms with Gasteiger partial charge >= 0.3 is 0 Å². The fraction of sp³-hybridized carbons (Fsp3) is 0.400. The first kappa shape index (κ1) is 9.23. The number of β-amino-alcohol motifs (C(OH)–C–C–N with tert-alkyl or cyclic N) is 1. The largest absolute Gasteiger partial charge is 0.392 e. The summed E-state index contributed by atoms with van der Waals surface area (Å²) in [5, 5.41) is 11.7. The molecule has 2 nitrogen and oxygen atoms in total. The minimum absolute atomic E-state index is 0.0648. The van der Waals surface area contributed by atoms with E-state index in [4.69, 9.17) is 5.11 Å². The lowest BCUT2D eigenvalue weighted by Gasteiger charge is -1.90. The minimum atomic E-state index is -0.0648. The first-order chi connectivity index (χ1) is 5.89. The topological polar surface area (TPSA) is 32.3 Å². The van der Waals surface area contributed by atoms with Gasteiger partial charge in [0.2, 0.25) is 0 Å². The summed E-state index contributed by atoms with van der Waals surface area (Å²) < 4.78 is 0. The zero-order valence-electron chi connectivity index (χ0n) is 7.11. The van der Waals surface area contributed by atoms with E-state index in [0.717, 1.165) is 19.5 Å². The molecule has 66 valence electrons. The summed E-state index contributed by atoms with van der Waals surface area (Å²) in [6.07, 6.45) is 0.866. The van der Waals surface area contributed by atoms with Crippen LogP contribution in [0.15, 0.2) is 36.4 Å². The second kappa shape index (κ2) is 5.75. The molecule has 1 heterocycles. The maximum Gasteiger partial charge on any atom is 0.0676 e. The molecule has 1 saturated heterocycles. The molecule has 1 aliphatic rings. The molecular weight excluding hydrogens is 150 g/mol. The molecule has 0 aliphatic carbocycles. The van der Waals surface area contributed by atoms with E-state index in [-0.39, 0.29) is 6.10 Å². The molecule has 2 N–H and O–H groups in total. The Kier molecular flexibility index (Phi) is 4.42. The molecule has 1 atom stereocenters. The molecule has 1 aliphatic heterocycles. The normalized spacial score (nSPS) is 21.2. The average molecular weight is 165 g/mol. The molecule has 0 amide bonds. The van der Waals surface area contributed by atoms with Crippen molar-refractivity contribution in [2.45, 2.75) is 12.5 Å². The second-order valence-electron chi connectivity index (χ2n) is 2.80.